The maximum Gasteiger partial charge on any atom is 0.324 e. The third kappa shape index (κ3) is 4.11. The van der Waals surface area contributed by atoms with Crippen LogP contribution in [0, 0.1) is 0 Å². The van der Waals surface area contributed by atoms with Crippen molar-refractivity contribution in [3.8, 4) is 17.0 Å². The fraction of sp³-hybridized carbons (Fsp3) is 0.391. The number of sulfone groups is 1. The Morgan fingerprint density at radius 2 is 1.94 bits per heavy atom. The zero-order valence-electron chi connectivity index (χ0n) is 19.5. The largest absolute Gasteiger partial charge is 0.471 e. The number of hydrogen-bond acceptors (Lipinski definition) is 9. The van der Waals surface area contributed by atoms with Gasteiger partial charge in [0.1, 0.15) is 23.5 Å². The third-order valence-corrected chi connectivity index (χ3v) is 7.08. The Labute approximate surface area is 197 Å². The fourth-order valence-electron chi connectivity index (χ4n) is 4.12. The number of rotatable bonds is 6. The van der Waals surface area contributed by atoms with Crippen molar-refractivity contribution in [1.82, 2.24) is 24.7 Å². The van der Waals surface area contributed by atoms with Crippen molar-refractivity contribution in [2.75, 3.05) is 24.2 Å². The van der Waals surface area contributed by atoms with Crippen LogP contribution < -0.4 is 9.64 Å². The molecule has 0 amide bonds. The van der Waals surface area contributed by atoms with Gasteiger partial charge in [-0.25, -0.2) is 13.4 Å². The van der Waals surface area contributed by atoms with Gasteiger partial charge in [-0.05, 0) is 17.7 Å². The smallest absolute Gasteiger partial charge is 0.324 e. The predicted molar refractivity (Wildman–Crippen MR) is 127 cm³/mol. The number of nitrogens with zero attached hydrogens (tertiary/aromatic N) is 6. The molecular formula is C23H26N6O4S. The monoisotopic (exact) mass is 482 g/mol. The van der Waals surface area contributed by atoms with Crippen LogP contribution in [-0.2, 0) is 16.9 Å². The van der Waals surface area contributed by atoms with E-state index >= 15 is 0 Å². The summed E-state index contributed by atoms with van der Waals surface area (Å²) in [5.74, 6) is 1.40. The summed E-state index contributed by atoms with van der Waals surface area (Å²) in [5, 5.41) is 4.05. The Morgan fingerprint density at radius 3 is 2.62 bits per heavy atom. The molecule has 34 heavy (non-hydrogen) atoms. The van der Waals surface area contributed by atoms with Crippen LogP contribution in [0.15, 0.2) is 46.2 Å². The number of aromatic nitrogens is 5. The molecule has 1 fully saturated rings. The van der Waals surface area contributed by atoms with Gasteiger partial charge in [-0.1, -0.05) is 31.1 Å². The van der Waals surface area contributed by atoms with Crippen LogP contribution >= 0.6 is 0 Å². The van der Waals surface area contributed by atoms with Crippen LogP contribution in [-0.4, -0.2) is 58.5 Å². The van der Waals surface area contributed by atoms with Gasteiger partial charge in [-0.15, -0.1) is 0 Å². The Kier molecular flexibility index (Phi) is 5.51. The maximum absolute atomic E-state index is 11.8. The second-order valence-electron chi connectivity index (χ2n) is 8.89. The summed E-state index contributed by atoms with van der Waals surface area (Å²) in [6, 6.07) is 7.31. The standard InChI is InChI=1S/C23H26N6O4S/c1-14(2)21-26-23(33-27-21)29-10-9-16(11-29)32-22-20-19(24-13-25-22)18(12-28(20)3)15-5-7-17(8-6-15)34(4,30)31/h5-8,12-14,16H,9-11H2,1-4H3/t16-/m0/s1. The van der Waals surface area contributed by atoms with Gasteiger partial charge >= 0.3 is 6.01 Å². The Hall–Kier alpha value is -3.47. The van der Waals surface area contributed by atoms with Crippen LogP contribution in [0.4, 0.5) is 6.01 Å². The van der Waals surface area contributed by atoms with Gasteiger partial charge in [-0.2, -0.15) is 9.97 Å². The van der Waals surface area contributed by atoms with Crippen molar-refractivity contribution < 1.29 is 17.7 Å². The lowest BCUT2D eigenvalue weighted by molar-refractivity contribution is 0.217. The van der Waals surface area contributed by atoms with Gasteiger partial charge in [0.2, 0.25) is 5.88 Å². The molecule has 1 atom stereocenters. The molecule has 0 bridgehead atoms. The molecule has 11 heteroatoms. The first-order valence-electron chi connectivity index (χ1n) is 11.1. The van der Waals surface area contributed by atoms with E-state index in [0.717, 1.165) is 35.1 Å². The zero-order chi connectivity index (χ0) is 24.0. The molecule has 4 aromatic rings. The molecule has 1 aliphatic rings. The van der Waals surface area contributed by atoms with Gasteiger partial charge < -0.3 is 18.7 Å². The van der Waals surface area contributed by atoms with Gasteiger partial charge in [0.25, 0.3) is 0 Å². The van der Waals surface area contributed by atoms with Crippen molar-refractivity contribution in [3.05, 3.63) is 42.6 Å². The van der Waals surface area contributed by atoms with E-state index in [-0.39, 0.29) is 16.9 Å². The third-order valence-electron chi connectivity index (χ3n) is 5.95. The van der Waals surface area contributed by atoms with E-state index in [1.807, 2.05) is 36.6 Å². The molecule has 0 spiro atoms. The molecule has 0 radical (unpaired) electrons. The summed E-state index contributed by atoms with van der Waals surface area (Å²) in [7, 11) is -1.34. The van der Waals surface area contributed by atoms with Crippen molar-refractivity contribution in [2.45, 2.75) is 37.2 Å². The predicted octanol–water partition coefficient (Wildman–Crippen LogP) is 3.20. The Morgan fingerprint density at radius 1 is 1.18 bits per heavy atom. The topological polar surface area (TPSA) is 116 Å². The van der Waals surface area contributed by atoms with E-state index in [4.69, 9.17) is 9.26 Å². The molecule has 10 nitrogen and oxygen atoms in total. The van der Waals surface area contributed by atoms with Gasteiger partial charge in [0, 0.05) is 43.9 Å². The molecule has 1 aromatic carbocycles. The van der Waals surface area contributed by atoms with Crippen LogP contribution in [0.2, 0.25) is 0 Å². The number of ether oxygens (including phenoxy) is 1. The summed E-state index contributed by atoms with van der Waals surface area (Å²) in [5.41, 5.74) is 3.27. The van der Waals surface area contributed by atoms with Crippen LogP contribution in [0.3, 0.4) is 0 Å². The van der Waals surface area contributed by atoms with Crippen LogP contribution in [0.25, 0.3) is 22.2 Å². The highest BCUT2D eigenvalue weighted by atomic mass is 32.2. The van der Waals surface area contributed by atoms with Gasteiger partial charge in [0.05, 0.1) is 11.4 Å². The van der Waals surface area contributed by atoms with E-state index in [0.29, 0.717) is 24.3 Å². The average Bonchev–Trinajstić information content (AvgIpc) is 3.52. The number of hydrogen-bond donors (Lipinski definition) is 0. The normalized spacial score (nSPS) is 16.6. The second-order valence-corrected chi connectivity index (χ2v) is 10.9. The summed E-state index contributed by atoms with van der Waals surface area (Å²) in [6.07, 6.45) is 5.36. The lowest BCUT2D eigenvalue weighted by atomic mass is 10.1. The first kappa shape index (κ1) is 22.3. The van der Waals surface area contributed by atoms with E-state index < -0.39 is 9.84 Å². The number of fused-ring (bicyclic) bond motifs is 1. The highest BCUT2D eigenvalue weighted by Crippen LogP contribution is 2.34. The molecule has 0 saturated carbocycles. The van der Waals surface area contributed by atoms with Crippen molar-refractivity contribution in [2.24, 2.45) is 7.05 Å². The molecule has 178 valence electrons. The molecule has 3 aromatic heterocycles. The maximum atomic E-state index is 11.8. The van der Waals surface area contributed by atoms with Gasteiger partial charge in [0.15, 0.2) is 15.7 Å². The number of aryl methyl sites for hydroxylation is 1. The molecule has 0 N–H and O–H groups in total. The minimum atomic E-state index is -3.26. The highest BCUT2D eigenvalue weighted by molar-refractivity contribution is 7.90. The van der Waals surface area contributed by atoms with E-state index in [9.17, 15) is 8.42 Å². The molecule has 0 unspecified atom stereocenters. The molecular weight excluding hydrogens is 456 g/mol. The lowest BCUT2D eigenvalue weighted by Crippen LogP contribution is -2.25. The molecule has 1 aliphatic heterocycles. The zero-order valence-corrected chi connectivity index (χ0v) is 20.3. The van der Waals surface area contributed by atoms with E-state index in [1.54, 1.807) is 24.3 Å². The van der Waals surface area contributed by atoms with Crippen molar-refractivity contribution >= 4 is 26.9 Å². The van der Waals surface area contributed by atoms with Crippen LogP contribution in [0.5, 0.6) is 5.88 Å². The molecule has 5 rings (SSSR count). The highest BCUT2D eigenvalue weighted by Gasteiger charge is 2.29. The first-order valence-corrected chi connectivity index (χ1v) is 13.0. The van der Waals surface area contributed by atoms with Crippen LogP contribution in [0.1, 0.15) is 32.0 Å². The Balaban J connectivity index is 1.39. The van der Waals surface area contributed by atoms with Gasteiger partial charge in [-0.3, -0.25) is 0 Å². The fourth-order valence-corrected chi connectivity index (χ4v) is 4.75. The molecule has 0 aliphatic carbocycles. The SMILES string of the molecule is CC(C)c1noc(N2CC[C@H](Oc3ncnc4c(-c5ccc(S(C)(=O)=O)cc5)cn(C)c34)C2)n1. The number of benzene rings is 1. The summed E-state index contributed by atoms with van der Waals surface area (Å²) < 4.78 is 37.2. The van der Waals surface area contributed by atoms with E-state index in [2.05, 4.69) is 20.1 Å². The van der Waals surface area contributed by atoms with Crippen molar-refractivity contribution in [3.63, 3.8) is 0 Å². The second kappa shape index (κ2) is 8.39. The summed E-state index contributed by atoms with van der Waals surface area (Å²) in [4.78, 5) is 15.7. The minimum absolute atomic E-state index is 0.0834. The minimum Gasteiger partial charge on any atom is -0.471 e. The van der Waals surface area contributed by atoms with E-state index in [1.165, 1.54) is 12.6 Å². The summed E-state index contributed by atoms with van der Waals surface area (Å²) >= 11 is 0. The first-order chi connectivity index (χ1) is 16.2. The quantitative estimate of drug-likeness (QED) is 0.408. The molecule has 1 saturated heterocycles. The molecule has 4 heterocycles. The average molecular weight is 483 g/mol. The van der Waals surface area contributed by atoms with Crippen molar-refractivity contribution in [1.29, 1.82) is 0 Å². The Bertz CT molecular complexity index is 1440. The number of anilines is 1. The lowest BCUT2D eigenvalue weighted by Gasteiger charge is -2.15. The summed E-state index contributed by atoms with van der Waals surface area (Å²) in [6.45, 7) is 5.43.